The van der Waals surface area contributed by atoms with Gasteiger partial charge in [-0.15, -0.1) is 0 Å². The molecule has 3 aromatic rings. The fourth-order valence-corrected chi connectivity index (χ4v) is 5.85. The molecule has 2 aromatic heterocycles. The number of hydrogen-bond donors (Lipinski definition) is 2. The highest BCUT2D eigenvalue weighted by atomic mass is 19.1. The molecule has 2 fully saturated rings. The number of amides is 2. The van der Waals surface area contributed by atoms with Crippen LogP contribution >= 0.6 is 0 Å². The molecular formula is C28H33FN6O2. The molecule has 5 rings (SSSR count). The number of aromatic nitrogens is 2. The first-order valence-corrected chi connectivity index (χ1v) is 12.8. The van der Waals surface area contributed by atoms with E-state index in [1.807, 2.05) is 17.9 Å². The van der Waals surface area contributed by atoms with Gasteiger partial charge in [0, 0.05) is 37.3 Å². The van der Waals surface area contributed by atoms with Crippen LogP contribution in [0.25, 0.3) is 10.9 Å². The molecule has 2 aliphatic rings. The molecule has 37 heavy (non-hydrogen) atoms. The number of pyridine rings is 2. The van der Waals surface area contributed by atoms with E-state index in [2.05, 4.69) is 22.2 Å². The number of hydrogen-bond acceptors (Lipinski definition) is 6. The second kappa shape index (κ2) is 10.0. The van der Waals surface area contributed by atoms with Crippen LogP contribution in [0.2, 0.25) is 0 Å². The van der Waals surface area contributed by atoms with Gasteiger partial charge in [-0.1, -0.05) is 6.92 Å². The van der Waals surface area contributed by atoms with Crippen LogP contribution in [0, 0.1) is 11.7 Å². The van der Waals surface area contributed by atoms with Crippen molar-refractivity contribution in [2.75, 3.05) is 30.4 Å². The van der Waals surface area contributed by atoms with Gasteiger partial charge in [0.15, 0.2) is 0 Å². The molecule has 1 aromatic carbocycles. The van der Waals surface area contributed by atoms with Crippen molar-refractivity contribution in [2.45, 2.75) is 51.1 Å². The van der Waals surface area contributed by atoms with Crippen LogP contribution in [0.3, 0.4) is 0 Å². The average molecular weight is 505 g/mol. The number of carbonyl (C=O) groups excluding carboxylic acids is 2. The minimum Gasteiger partial charge on any atom is -0.356 e. The van der Waals surface area contributed by atoms with Crippen LogP contribution in [-0.4, -0.2) is 58.9 Å². The van der Waals surface area contributed by atoms with Gasteiger partial charge < -0.3 is 20.9 Å². The number of halogens is 1. The third-order valence-electron chi connectivity index (χ3n) is 7.68. The Balaban J connectivity index is 1.44. The van der Waals surface area contributed by atoms with E-state index >= 15 is 0 Å². The number of benzene rings is 1. The standard InChI is InChI=1S/C28H33FN6O2/c1-16-8-18(10-19(30)9-16)21-6-7-31-13-25(21)33-28(37)22-4-5-24(29)23-11-20(12-32-27(22)23)35-15-26(36)34(3)14-17(35)2/h4-7,11-13,16-19H,8-10,14-15,30H2,1-3H3,(H,33,37)/t16-,17?,18+,19-/m0/s1. The van der Waals surface area contributed by atoms with E-state index in [1.54, 1.807) is 36.6 Å². The molecule has 3 heterocycles. The van der Waals surface area contributed by atoms with E-state index < -0.39 is 5.82 Å². The van der Waals surface area contributed by atoms with Crippen molar-refractivity contribution in [2.24, 2.45) is 11.7 Å². The number of piperazine rings is 1. The topological polar surface area (TPSA) is 104 Å². The first-order valence-electron chi connectivity index (χ1n) is 12.8. The monoisotopic (exact) mass is 504 g/mol. The molecule has 1 unspecified atom stereocenters. The van der Waals surface area contributed by atoms with Crippen LogP contribution < -0.4 is 16.0 Å². The van der Waals surface area contributed by atoms with Crippen LogP contribution in [0.15, 0.2) is 42.9 Å². The molecule has 1 aliphatic carbocycles. The van der Waals surface area contributed by atoms with Gasteiger partial charge in [-0.2, -0.15) is 0 Å². The van der Waals surface area contributed by atoms with Gasteiger partial charge >= 0.3 is 0 Å². The highest BCUT2D eigenvalue weighted by molar-refractivity contribution is 6.12. The van der Waals surface area contributed by atoms with Crippen LogP contribution in [-0.2, 0) is 4.79 Å². The second-order valence-corrected chi connectivity index (χ2v) is 10.6. The predicted molar refractivity (Wildman–Crippen MR) is 142 cm³/mol. The molecule has 3 N–H and O–H groups in total. The summed E-state index contributed by atoms with van der Waals surface area (Å²) in [5.41, 5.74) is 9.13. The molecule has 8 nitrogen and oxygen atoms in total. The van der Waals surface area contributed by atoms with Crippen molar-refractivity contribution in [1.29, 1.82) is 0 Å². The summed E-state index contributed by atoms with van der Waals surface area (Å²) in [6.45, 7) is 4.98. The van der Waals surface area contributed by atoms with Gasteiger partial charge in [-0.05, 0) is 67.9 Å². The zero-order valence-corrected chi connectivity index (χ0v) is 21.4. The summed E-state index contributed by atoms with van der Waals surface area (Å²) in [4.78, 5) is 38.0. The summed E-state index contributed by atoms with van der Waals surface area (Å²) in [5, 5.41) is 3.23. The van der Waals surface area contributed by atoms with Crippen LogP contribution in [0.4, 0.5) is 15.8 Å². The predicted octanol–water partition coefficient (Wildman–Crippen LogP) is 3.92. The molecule has 1 saturated carbocycles. The summed E-state index contributed by atoms with van der Waals surface area (Å²) in [7, 11) is 1.77. The van der Waals surface area contributed by atoms with Crippen molar-refractivity contribution < 1.29 is 14.0 Å². The van der Waals surface area contributed by atoms with E-state index in [4.69, 9.17) is 5.73 Å². The number of anilines is 2. The minimum absolute atomic E-state index is 0.00705. The number of fused-ring (bicyclic) bond motifs is 1. The lowest BCUT2D eigenvalue weighted by Crippen LogP contribution is -2.53. The Hall–Kier alpha value is -3.59. The summed E-state index contributed by atoms with van der Waals surface area (Å²) < 4.78 is 14.9. The molecule has 1 aliphatic heterocycles. The number of rotatable bonds is 4. The zero-order chi connectivity index (χ0) is 26.3. The maximum absolute atomic E-state index is 14.9. The van der Waals surface area contributed by atoms with Gasteiger partial charge in [0.25, 0.3) is 5.91 Å². The first-order chi connectivity index (χ1) is 17.7. The normalized spacial score (nSPS) is 24.4. The largest absolute Gasteiger partial charge is 0.356 e. The minimum atomic E-state index is -0.471. The van der Waals surface area contributed by atoms with Crippen molar-refractivity contribution in [3.05, 3.63) is 59.8 Å². The summed E-state index contributed by atoms with van der Waals surface area (Å²) >= 11 is 0. The summed E-state index contributed by atoms with van der Waals surface area (Å²) in [6.07, 6.45) is 7.84. The lowest BCUT2D eigenvalue weighted by atomic mass is 9.76. The molecule has 1 saturated heterocycles. The summed E-state index contributed by atoms with van der Waals surface area (Å²) in [6, 6.07) is 6.53. The quantitative estimate of drug-likeness (QED) is 0.558. The SMILES string of the molecule is CC1CN(C)C(=O)CN1c1cnc2c(C(=O)Nc3cnccc3[C@@H]3C[C@H](C)C[C@H](N)C3)ccc(F)c2c1. The summed E-state index contributed by atoms with van der Waals surface area (Å²) in [5.74, 6) is -0.122. The number of likely N-dealkylation sites (N-methyl/N-ethyl adjacent to an activating group) is 1. The first kappa shape index (κ1) is 25.1. The zero-order valence-electron chi connectivity index (χ0n) is 21.4. The van der Waals surface area contributed by atoms with Crippen molar-refractivity contribution in [3.8, 4) is 0 Å². The van der Waals surface area contributed by atoms with Gasteiger partial charge in [0.1, 0.15) is 5.82 Å². The highest BCUT2D eigenvalue weighted by Crippen LogP contribution is 2.38. The third-order valence-corrected chi connectivity index (χ3v) is 7.68. The molecule has 4 atom stereocenters. The Kier molecular flexibility index (Phi) is 6.81. The number of nitrogens with one attached hydrogen (secondary N) is 1. The Morgan fingerprint density at radius 1 is 1.16 bits per heavy atom. The van der Waals surface area contributed by atoms with Crippen molar-refractivity contribution in [3.63, 3.8) is 0 Å². The second-order valence-electron chi connectivity index (χ2n) is 10.6. The van der Waals surface area contributed by atoms with E-state index in [1.165, 1.54) is 12.1 Å². The van der Waals surface area contributed by atoms with Crippen molar-refractivity contribution in [1.82, 2.24) is 14.9 Å². The van der Waals surface area contributed by atoms with E-state index in [-0.39, 0.29) is 52.8 Å². The fraction of sp³-hybridized carbons (Fsp3) is 0.429. The fourth-order valence-electron chi connectivity index (χ4n) is 5.85. The maximum Gasteiger partial charge on any atom is 0.257 e. The Labute approximate surface area is 216 Å². The molecule has 2 amide bonds. The van der Waals surface area contributed by atoms with Crippen LogP contribution in [0.5, 0.6) is 0 Å². The van der Waals surface area contributed by atoms with E-state index in [9.17, 15) is 14.0 Å². The van der Waals surface area contributed by atoms with Gasteiger partial charge in [0.05, 0.1) is 41.4 Å². The molecule has 0 bridgehead atoms. The molecule has 0 radical (unpaired) electrons. The Morgan fingerprint density at radius 2 is 1.97 bits per heavy atom. The molecule has 0 spiro atoms. The lowest BCUT2D eigenvalue weighted by Gasteiger charge is -2.39. The van der Waals surface area contributed by atoms with Gasteiger partial charge in [-0.3, -0.25) is 19.6 Å². The highest BCUT2D eigenvalue weighted by Gasteiger charge is 2.29. The Morgan fingerprint density at radius 3 is 2.76 bits per heavy atom. The molecule has 194 valence electrons. The number of nitrogens with zero attached hydrogens (tertiary/aromatic N) is 4. The third kappa shape index (κ3) is 5.00. The molecular weight excluding hydrogens is 471 g/mol. The lowest BCUT2D eigenvalue weighted by molar-refractivity contribution is -0.130. The van der Waals surface area contributed by atoms with Crippen molar-refractivity contribution >= 4 is 34.1 Å². The Bertz CT molecular complexity index is 1340. The van der Waals surface area contributed by atoms with Crippen LogP contribution in [0.1, 0.15) is 54.9 Å². The number of carbonyl (C=O) groups is 2. The average Bonchev–Trinajstić information content (AvgIpc) is 2.86. The van der Waals surface area contributed by atoms with E-state index in [0.717, 1.165) is 24.8 Å². The van der Waals surface area contributed by atoms with Gasteiger partial charge in [-0.25, -0.2) is 4.39 Å². The smallest absolute Gasteiger partial charge is 0.257 e. The maximum atomic E-state index is 14.9. The van der Waals surface area contributed by atoms with E-state index in [0.29, 0.717) is 23.8 Å². The van der Waals surface area contributed by atoms with Gasteiger partial charge in [0.2, 0.25) is 5.91 Å². The number of nitrogens with two attached hydrogens (primary N) is 1. The molecule has 9 heteroatoms.